The molecule has 16 heteroatoms. The van der Waals surface area contributed by atoms with E-state index in [-0.39, 0.29) is 132 Å². The Hall–Kier alpha value is -1.69. The first-order valence-corrected chi connectivity index (χ1v) is 15.5. The largest absolute Gasteiger partial charge is 1.00 e. The molecule has 3 aromatic heterocycles. The van der Waals surface area contributed by atoms with Crippen LogP contribution in [0.15, 0.2) is 27.9 Å². The van der Waals surface area contributed by atoms with Crippen LogP contribution < -0.4 is 78.5 Å². The molecule has 0 unspecified atom stereocenters. The van der Waals surface area contributed by atoms with Crippen molar-refractivity contribution >= 4 is 45.8 Å². The Morgan fingerprint density at radius 3 is 1.82 bits per heavy atom. The zero-order valence-corrected chi connectivity index (χ0v) is 38.1. The van der Waals surface area contributed by atoms with Gasteiger partial charge in [0.2, 0.25) is 11.8 Å². The summed E-state index contributed by atoms with van der Waals surface area (Å²) < 4.78 is 0. The number of imidazole rings is 2. The van der Waals surface area contributed by atoms with Gasteiger partial charge in [0.1, 0.15) is 22.9 Å². The quantitative estimate of drug-likeness (QED) is 0.129. The number of nitrogens with zero attached hydrogens (tertiary/aromatic N) is 3. The molecular formula is C33H46KN8O5PU. The van der Waals surface area contributed by atoms with Gasteiger partial charge < -0.3 is 35.2 Å². The fraction of sp³-hybridized carbons (Fsp3) is 0.485. The molecule has 0 atom stereocenters. The third-order valence-corrected chi connectivity index (χ3v) is 7.87. The molecule has 3 aromatic rings. The minimum absolute atomic E-state index is 0. The molecule has 5 N–H and O–H groups in total. The molecule has 0 radical (unpaired) electrons. The molecule has 2 aliphatic rings. The Labute approximate surface area is 355 Å². The average Bonchev–Trinajstić information content (AvgIpc) is 3.64. The maximum atomic E-state index is 12.4. The monoisotopic (exact) mass is 942 g/mol. The van der Waals surface area contributed by atoms with E-state index in [0.29, 0.717) is 22.7 Å². The number of aromatic nitrogens is 6. The van der Waals surface area contributed by atoms with E-state index in [0.717, 1.165) is 29.1 Å². The number of nitrogens with one attached hydrogen (secondary N) is 5. The molecule has 2 fully saturated rings. The smallest absolute Gasteiger partial charge is 0.577 e. The van der Waals surface area contributed by atoms with Crippen LogP contribution in [0.5, 0.6) is 0 Å². The van der Waals surface area contributed by atoms with E-state index >= 15 is 0 Å². The van der Waals surface area contributed by atoms with Crippen LogP contribution in [0.25, 0.3) is 18.2 Å². The van der Waals surface area contributed by atoms with E-state index in [1.165, 1.54) is 38.6 Å². The molecule has 5 rings (SSSR count). The van der Waals surface area contributed by atoms with Gasteiger partial charge in [-0.15, -0.1) is 0 Å². The molecule has 49 heavy (non-hydrogen) atoms. The van der Waals surface area contributed by atoms with Crippen molar-refractivity contribution in [3.63, 3.8) is 0 Å². The molecule has 3 amide bonds. The van der Waals surface area contributed by atoms with Gasteiger partial charge in [-0.1, -0.05) is 66.9 Å². The number of aromatic amines is 4. The van der Waals surface area contributed by atoms with Crippen molar-refractivity contribution in [3.8, 4) is 0 Å². The summed E-state index contributed by atoms with van der Waals surface area (Å²) >= 11 is 0. The zero-order valence-electron chi connectivity index (χ0n) is 29.7. The third-order valence-electron chi connectivity index (χ3n) is 7.87. The molecule has 1 saturated heterocycles. The summed E-state index contributed by atoms with van der Waals surface area (Å²) in [4.78, 5) is 80.9. The summed E-state index contributed by atoms with van der Waals surface area (Å²) in [6.07, 6.45) is 14.0. The third kappa shape index (κ3) is 12.2. The van der Waals surface area contributed by atoms with Gasteiger partial charge in [0.25, 0.3) is 17.0 Å². The van der Waals surface area contributed by atoms with Gasteiger partial charge in [0.05, 0.1) is 24.0 Å². The Bertz CT molecular complexity index is 1890. The fourth-order valence-corrected chi connectivity index (χ4v) is 5.51. The van der Waals surface area contributed by atoms with Gasteiger partial charge in [-0.2, -0.15) is 0 Å². The summed E-state index contributed by atoms with van der Waals surface area (Å²) in [5.74, 6) is -1.01. The maximum absolute atomic E-state index is 12.4. The van der Waals surface area contributed by atoms with Crippen LogP contribution in [-0.2, 0) is 25.2 Å². The summed E-state index contributed by atoms with van der Waals surface area (Å²) in [5.41, 5.74) is 2.17. The number of hydrogen-bond acceptors (Lipinski definition) is 7. The maximum Gasteiger partial charge on any atom is 1.00 e. The molecule has 4 heterocycles. The van der Waals surface area contributed by atoms with Crippen LogP contribution in [0.1, 0.15) is 103 Å². The number of imide groups is 1. The number of rotatable bonds is 3. The van der Waals surface area contributed by atoms with Crippen LogP contribution >= 0.6 is 9.90 Å². The normalized spacial score (nSPS) is 17.0. The first-order valence-electron chi connectivity index (χ1n) is 15.5. The molecule has 0 aromatic carbocycles. The van der Waals surface area contributed by atoms with Crippen LogP contribution in [0.4, 0.5) is 0 Å². The van der Waals surface area contributed by atoms with Crippen molar-refractivity contribution in [2.45, 2.75) is 91.4 Å². The zero-order chi connectivity index (χ0) is 33.8. The molecule has 0 bridgehead atoms. The first-order chi connectivity index (χ1) is 21.5. The standard InChI is InChI=1S/C19H26N4O2.C14H18N4O3.K.H2P.U/c1-19(2,3)16-13(20-11-21-16)10-15-18(25)22-14(17(24)23-15)9-12-7-5-4-6-8-12;1-8(19)18-6-11(20)17-10(13(18)21)5-9-12(14(2,3)4)16-7-15-9;;;/h9-12H,4-8H2,1-3H3,(H,20,21)(H,22,25)(H,23,24);5,7H,6H2,1-4H3,(H,15,16)(H,17,20);;1H2;/q;;+1;-1;/b14-9-,15-10-;10-5-;;;. The SMILES string of the molecule is CC(=O)N1CC(=O)N/C(=C\c2nc[nH]c2C(C)(C)C)C1=O.CC(C)(C)c1[nH]cnc1/C=c1\[nH]c(=O)/c(=C/C2CCCCC2)[nH]c1=O.[K+].[PH2-].[U]. The minimum Gasteiger partial charge on any atom is -0.577 e. The van der Waals surface area contributed by atoms with Crippen LogP contribution in [-0.4, -0.2) is 59.1 Å². The fourth-order valence-electron chi connectivity index (χ4n) is 5.51. The van der Waals surface area contributed by atoms with Gasteiger partial charge in [-0.05, 0) is 30.9 Å². The minimum atomic E-state index is -0.523. The van der Waals surface area contributed by atoms with Crippen LogP contribution in [0, 0.1) is 37.0 Å². The van der Waals surface area contributed by atoms with E-state index in [2.05, 4.69) is 56.0 Å². The molecule has 1 aliphatic heterocycles. The Balaban J connectivity index is 0.000000468. The predicted molar refractivity (Wildman–Crippen MR) is 184 cm³/mol. The average molecular weight is 943 g/mol. The first kappa shape index (κ1) is 45.3. The van der Waals surface area contributed by atoms with Gasteiger partial charge in [-0.25, -0.2) is 9.97 Å². The number of hydrogen-bond donors (Lipinski definition) is 5. The van der Waals surface area contributed by atoms with Gasteiger partial charge in [-0.3, -0.25) is 28.9 Å². The summed E-state index contributed by atoms with van der Waals surface area (Å²) in [5, 5.41) is 3.09. The van der Waals surface area contributed by atoms with Crippen molar-refractivity contribution in [3.05, 3.63) is 72.5 Å². The van der Waals surface area contributed by atoms with Crippen LogP contribution in [0.2, 0.25) is 0 Å². The van der Waals surface area contributed by atoms with Crippen molar-refractivity contribution < 1.29 is 96.9 Å². The number of carbonyl (C=O) groups is 3. The number of piperazine rings is 1. The van der Waals surface area contributed by atoms with Crippen molar-refractivity contribution in [2.24, 2.45) is 5.92 Å². The number of amides is 3. The van der Waals surface area contributed by atoms with Crippen molar-refractivity contribution in [1.82, 2.24) is 40.1 Å². The van der Waals surface area contributed by atoms with Gasteiger partial charge >= 0.3 is 51.4 Å². The second-order valence-corrected chi connectivity index (χ2v) is 13.8. The summed E-state index contributed by atoms with van der Waals surface area (Å²) in [6.45, 7) is 13.2. The predicted octanol–water partition coefficient (Wildman–Crippen LogP) is -0.844. The second-order valence-electron chi connectivity index (χ2n) is 13.8. The summed E-state index contributed by atoms with van der Waals surface area (Å²) in [7, 11) is 0. The Kier molecular flexibility index (Phi) is 17.8. The van der Waals surface area contributed by atoms with E-state index in [1.807, 2.05) is 26.8 Å². The van der Waals surface area contributed by atoms with Crippen LogP contribution in [0.3, 0.4) is 0 Å². The van der Waals surface area contributed by atoms with E-state index in [4.69, 9.17) is 0 Å². The molecule has 1 aliphatic carbocycles. The summed E-state index contributed by atoms with van der Waals surface area (Å²) in [6, 6.07) is 0. The van der Waals surface area contributed by atoms with Crippen molar-refractivity contribution in [1.29, 1.82) is 0 Å². The van der Waals surface area contributed by atoms with Gasteiger partial charge in [0.15, 0.2) is 0 Å². The van der Waals surface area contributed by atoms with E-state index < -0.39 is 17.7 Å². The molecule has 13 nitrogen and oxygen atoms in total. The van der Waals surface area contributed by atoms with E-state index in [1.54, 1.807) is 12.4 Å². The molecule has 0 spiro atoms. The van der Waals surface area contributed by atoms with Crippen molar-refractivity contribution in [2.75, 3.05) is 6.54 Å². The van der Waals surface area contributed by atoms with Gasteiger partial charge in [0, 0.05) is 60.3 Å². The molecule has 258 valence electrons. The van der Waals surface area contributed by atoms with E-state index in [9.17, 15) is 24.0 Å². The topological polar surface area (TPSA) is 190 Å². The second kappa shape index (κ2) is 19.2. The Morgan fingerprint density at radius 2 is 1.31 bits per heavy atom. The Morgan fingerprint density at radius 1 is 0.816 bits per heavy atom. The number of H-pyrrole nitrogens is 4. The molecule has 1 saturated carbocycles. The molecular weight excluding hydrogens is 897 g/mol. The number of carbonyl (C=O) groups excluding carboxylic acids is 3.